The summed E-state index contributed by atoms with van der Waals surface area (Å²) >= 11 is 0. The maximum Gasteiger partial charge on any atom is 0.243 e. The third-order valence-corrected chi connectivity index (χ3v) is 2.67. The van der Waals surface area contributed by atoms with E-state index in [-0.39, 0.29) is 0 Å². The number of fused-ring (bicyclic) bond motifs is 3. The maximum atomic E-state index is 5.49. The summed E-state index contributed by atoms with van der Waals surface area (Å²) in [4.78, 5) is 8.70. The molecule has 0 fully saturated rings. The Kier molecular flexibility index (Phi) is 2.13. The molecule has 0 amide bonds. The Morgan fingerprint density at radius 2 is 2.44 bits per heavy atom. The monoisotopic (exact) mass is 216 g/mol. The molecule has 1 aliphatic heterocycles. The van der Waals surface area contributed by atoms with Gasteiger partial charge >= 0.3 is 0 Å². The van der Waals surface area contributed by atoms with Crippen LogP contribution in [0.5, 0.6) is 11.8 Å². The van der Waals surface area contributed by atoms with Crippen molar-refractivity contribution in [2.24, 2.45) is 0 Å². The van der Waals surface area contributed by atoms with Crippen molar-refractivity contribution in [3.63, 3.8) is 0 Å². The summed E-state index contributed by atoms with van der Waals surface area (Å²) in [6.45, 7) is 3.21. The highest BCUT2D eigenvalue weighted by Crippen LogP contribution is 2.34. The lowest BCUT2D eigenvalue weighted by Gasteiger charge is -2.08. The summed E-state index contributed by atoms with van der Waals surface area (Å²) in [5.41, 5.74) is 1.97. The van der Waals surface area contributed by atoms with E-state index in [1.54, 1.807) is 6.20 Å². The summed E-state index contributed by atoms with van der Waals surface area (Å²) in [5, 5.41) is 1.09. The normalized spacial score (nSPS) is 13.6. The smallest absolute Gasteiger partial charge is 0.243 e. The topological polar surface area (TPSA) is 44.2 Å². The van der Waals surface area contributed by atoms with Crippen molar-refractivity contribution in [1.29, 1.82) is 0 Å². The fraction of sp³-hybridized carbons (Fsp3) is 0.333. The lowest BCUT2D eigenvalue weighted by molar-refractivity contribution is 0.311. The summed E-state index contributed by atoms with van der Waals surface area (Å²) in [7, 11) is 0. The third-order valence-electron chi connectivity index (χ3n) is 2.67. The minimum atomic E-state index is 0.568. The molecule has 1 aliphatic rings. The first-order valence-electron chi connectivity index (χ1n) is 5.43. The molecule has 0 aliphatic carbocycles. The van der Waals surface area contributed by atoms with Gasteiger partial charge in [0.05, 0.1) is 13.2 Å². The van der Waals surface area contributed by atoms with E-state index in [1.165, 1.54) is 0 Å². The van der Waals surface area contributed by atoms with E-state index in [0.717, 1.165) is 22.9 Å². The number of hydrogen-bond acceptors (Lipinski definition) is 4. The van der Waals surface area contributed by atoms with Gasteiger partial charge in [-0.3, -0.25) is 4.98 Å². The van der Waals surface area contributed by atoms with Crippen LogP contribution in [0.1, 0.15) is 12.5 Å². The van der Waals surface area contributed by atoms with E-state index in [1.807, 2.05) is 19.1 Å². The number of pyridine rings is 2. The SMILES string of the molecule is CCOc1nc2c(c3cccnc13)CCO2. The molecule has 0 bridgehead atoms. The minimum absolute atomic E-state index is 0.568. The molecule has 2 aromatic rings. The Hall–Kier alpha value is -1.84. The van der Waals surface area contributed by atoms with Crippen LogP contribution in [0.25, 0.3) is 10.9 Å². The van der Waals surface area contributed by atoms with Crippen molar-refractivity contribution in [1.82, 2.24) is 9.97 Å². The van der Waals surface area contributed by atoms with Gasteiger partial charge in [0.15, 0.2) is 0 Å². The number of nitrogens with zero attached hydrogens (tertiary/aromatic N) is 2. The van der Waals surface area contributed by atoms with Crippen LogP contribution in [0.2, 0.25) is 0 Å². The molecule has 0 aromatic carbocycles. The van der Waals surface area contributed by atoms with Gasteiger partial charge in [-0.1, -0.05) is 6.07 Å². The van der Waals surface area contributed by atoms with Crippen LogP contribution in [0.3, 0.4) is 0 Å². The molecule has 2 aromatic heterocycles. The predicted molar refractivity (Wildman–Crippen MR) is 59.9 cm³/mol. The lowest BCUT2D eigenvalue weighted by atomic mass is 10.1. The summed E-state index contributed by atoms with van der Waals surface area (Å²) in [6, 6.07) is 3.97. The molecule has 0 saturated carbocycles. The van der Waals surface area contributed by atoms with E-state index in [4.69, 9.17) is 9.47 Å². The molecule has 0 N–H and O–H groups in total. The zero-order chi connectivity index (χ0) is 11.0. The van der Waals surface area contributed by atoms with Crippen LogP contribution in [0, 0.1) is 0 Å². The zero-order valence-electron chi connectivity index (χ0n) is 9.06. The molecule has 0 saturated heterocycles. The molecular weight excluding hydrogens is 204 g/mol. The Bertz CT molecular complexity index is 540. The highest BCUT2D eigenvalue weighted by Gasteiger charge is 2.20. The van der Waals surface area contributed by atoms with Gasteiger partial charge in [0.2, 0.25) is 11.8 Å². The molecular formula is C12H12N2O2. The number of hydrogen-bond donors (Lipinski definition) is 0. The maximum absolute atomic E-state index is 5.49. The first-order valence-corrected chi connectivity index (χ1v) is 5.43. The van der Waals surface area contributed by atoms with Crippen LogP contribution in [0.15, 0.2) is 18.3 Å². The largest absolute Gasteiger partial charge is 0.477 e. The van der Waals surface area contributed by atoms with Crippen LogP contribution in [-0.2, 0) is 6.42 Å². The van der Waals surface area contributed by atoms with Gasteiger partial charge in [-0.05, 0) is 13.0 Å². The molecule has 4 heteroatoms. The van der Waals surface area contributed by atoms with Crippen molar-refractivity contribution >= 4 is 10.9 Å². The highest BCUT2D eigenvalue weighted by atomic mass is 16.5. The average molecular weight is 216 g/mol. The molecule has 4 nitrogen and oxygen atoms in total. The second-order valence-corrected chi connectivity index (χ2v) is 3.63. The molecule has 3 rings (SSSR count). The molecule has 82 valence electrons. The van der Waals surface area contributed by atoms with Crippen molar-refractivity contribution in [2.45, 2.75) is 13.3 Å². The summed E-state index contributed by atoms with van der Waals surface area (Å²) in [5.74, 6) is 1.27. The lowest BCUT2D eigenvalue weighted by Crippen LogP contribution is -1.98. The number of aromatic nitrogens is 2. The fourth-order valence-corrected chi connectivity index (χ4v) is 2.00. The Morgan fingerprint density at radius 1 is 1.50 bits per heavy atom. The second kappa shape index (κ2) is 3.63. The van der Waals surface area contributed by atoms with Crippen molar-refractivity contribution in [3.05, 3.63) is 23.9 Å². The zero-order valence-corrected chi connectivity index (χ0v) is 9.06. The summed E-state index contributed by atoms with van der Waals surface area (Å²) < 4.78 is 11.0. The predicted octanol–water partition coefficient (Wildman–Crippen LogP) is 1.96. The quantitative estimate of drug-likeness (QED) is 0.769. The number of rotatable bonds is 2. The van der Waals surface area contributed by atoms with E-state index >= 15 is 0 Å². The van der Waals surface area contributed by atoms with Gasteiger partial charge in [0.25, 0.3) is 0 Å². The van der Waals surface area contributed by atoms with Crippen LogP contribution in [0.4, 0.5) is 0 Å². The first kappa shape index (κ1) is 9.39. The highest BCUT2D eigenvalue weighted by molar-refractivity contribution is 5.87. The fourth-order valence-electron chi connectivity index (χ4n) is 2.00. The first-order chi connectivity index (χ1) is 7.90. The van der Waals surface area contributed by atoms with Gasteiger partial charge in [0, 0.05) is 23.6 Å². The van der Waals surface area contributed by atoms with E-state index < -0.39 is 0 Å². The van der Waals surface area contributed by atoms with Gasteiger partial charge in [-0.25, -0.2) is 0 Å². The molecule has 3 heterocycles. The second-order valence-electron chi connectivity index (χ2n) is 3.63. The van der Waals surface area contributed by atoms with Gasteiger partial charge in [0.1, 0.15) is 5.52 Å². The van der Waals surface area contributed by atoms with Gasteiger partial charge in [-0.2, -0.15) is 4.98 Å². The summed E-state index contributed by atoms with van der Waals surface area (Å²) in [6.07, 6.45) is 2.66. The molecule has 16 heavy (non-hydrogen) atoms. The molecule has 0 spiro atoms. The average Bonchev–Trinajstić information content (AvgIpc) is 2.78. The molecule has 0 atom stereocenters. The van der Waals surface area contributed by atoms with Crippen molar-refractivity contribution < 1.29 is 9.47 Å². The number of ether oxygens (including phenoxy) is 2. The Labute approximate surface area is 93.2 Å². The van der Waals surface area contributed by atoms with Crippen LogP contribution in [-0.4, -0.2) is 23.2 Å². The Morgan fingerprint density at radius 3 is 3.31 bits per heavy atom. The van der Waals surface area contributed by atoms with Crippen molar-refractivity contribution in [3.8, 4) is 11.8 Å². The van der Waals surface area contributed by atoms with E-state index in [2.05, 4.69) is 9.97 Å². The van der Waals surface area contributed by atoms with Crippen molar-refractivity contribution in [2.75, 3.05) is 13.2 Å². The molecule has 0 unspecified atom stereocenters. The van der Waals surface area contributed by atoms with Gasteiger partial charge in [-0.15, -0.1) is 0 Å². The van der Waals surface area contributed by atoms with Crippen LogP contribution < -0.4 is 9.47 Å². The molecule has 0 radical (unpaired) electrons. The van der Waals surface area contributed by atoms with Crippen LogP contribution >= 0.6 is 0 Å². The Balaban J connectivity index is 2.31. The minimum Gasteiger partial charge on any atom is -0.477 e. The van der Waals surface area contributed by atoms with E-state index in [9.17, 15) is 0 Å². The van der Waals surface area contributed by atoms with E-state index in [0.29, 0.717) is 25.0 Å². The standard InChI is InChI=1S/C12H12N2O2/c1-2-15-12-10-8(4-3-6-13-10)9-5-7-16-11(9)14-12/h3-4,6H,2,5,7H2,1H3. The third kappa shape index (κ3) is 1.30. The van der Waals surface area contributed by atoms with Gasteiger partial charge < -0.3 is 9.47 Å².